The zero-order valence-corrected chi connectivity index (χ0v) is 9.55. The molecule has 0 spiro atoms. The number of aliphatic imine (C=N–C) groups is 1. The maximum absolute atomic E-state index is 4.08. The molecule has 0 bridgehead atoms. The molecule has 0 N–H and O–H groups in total. The topological polar surface area (TPSA) is 12.4 Å². The lowest BCUT2D eigenvalue weighted by Crippen LogP contribution is -3.00. The van der Waals surface area contributed by atoms with Gasteiger partial charge < -0.3 is 24.0 Å². The third-order valence-electron chi connectivity index (χ3n) is 2.08. The summed E-state index contributed by atoms with van der Waals surface area (Å²) in [7, 11) is 2.10. The summed E-state index contributed by atoms with van der Waals surface area (Å²) in [6.07, 6.45) is 5.79. The molecule has 2 nitrogen and oxygen atoms in total. The van der Waals surface area contributed by atoms with Crippen molar-refractivity contribution in [3.8, 4) is 0 Å². The van der Waals surface area contributed by atoms with Gasteiger partial charge in [0.05, 0.1) is 13.2 Å². The first-order valence-electron chi connectivity index (χ1n) is 3.95. The van der Waals surface area contributed by atoms with Crippen LogP contribution in [0.4, 0.5) is 5.69 Å². The maximum atomic E-state index is 4.08. The van der Waals surface area contributed by atoms with Gasteiger partial charge in [0.15, 0.2) is 6.34 Å². The Hall–Kier alpha value is -0.680. The highest BCUT2D eigenvalue weighted by atomic mass is 127. The second-order valence-corrected chi connectivity index (χ2v) is 3.05. The molecule has 1 atom stereocenters. The fraction of sp³-hybridized carbons (Fsp3) is 0.100. The molecule has 68 valence electrons. The number of para-hydroxylation sites is 1. The average Bonchev–Trinajstić information content (AvgIpc) is 2.55. The van der Waals surface area contributed by atoms with Crippen LogP contribution in [0.5, 0.6) is 0 Å². The van der Waals surface area contributed by atoms with Crippen molar-refractivity contribution in [3.05, 3.63) is 42.7 Å². The first-order chi connectivity index (χ1) is 5.81. The Kier molecular flexibility index (Phi) is 3.22. The highest BCUT2D eigenvalue weighted by molar-refractivity contribution is 5.77. The van der Waals surface area contributed by atoms with Crippen LogP contribution in [0.25, 0.3) is 0 Å². The Balaban J connectivity index is 0.000000845. The molecule has 13 heavy (non-hydrogen) atoms. The predicted octanol–water partition coefficient (Wildman–Crippen LogP) is -0.859. The number of hydrogen-bond donors (Lipinski definition) is 0. The summed E-state index contributed by atoms with van der Waals surface area (Å²) in [6, 6.07) is 10.3. The summed E-state index contributed by atoms with van der Waals surface area (Å²) >= 11 is 0. The number of rotatable bonds is 1. The number of halogens is 1. The summed E-state index contributed by atoms with van der Waals surface area (Å²) < 4.78 is 0.668. The minimum atomic E-state index is 0. The lowest BCUT2D eigenvalue weighted by atomic mass is 10.3. The second kappa shape index (κ2) is 4.02. The van der Waals surface area contributed by atoms with E-state index in [0.717, 1.165) is 0 Å². The fourth-order valence-electron chi connectivity index (χ4n) is 1.29. The second-order valence-electron chi connectivity index (χ2n) is 3.05. The lowest BCUT2D eigenvalue weighted by molar-refractivity contribution is -0.00000241. The Morgan fingerprint density at radius 2 is 1.85 bits per heavy atom. The summed E-state index contributed by atoms with van der Waals surface area (Å²) in [5.74, 6) is 0. The normalized spacial score (nSPS) is 24.4. The predicted molar refractivity (Wildman–Crippen MR) is 51.8 cm³/mol. The number of nitrogens with zero attached hydrogens (tertiary/aromatic N) is 2. The molecule has 0 aliphatic carbocycles. The van der Waals surface area contributed by atoms with Crippen molar-refractivity contribution in [2.75, 3.05) is 7.05 Å². The van der Waals surface area contributed by atoms with Crippen LogP contribution in [0.3, 0.4) is 0 Å². The summed E-state index contributed by atoms with van der Waals surface area (Å²) in [4.78, 5) is 4.08. The van der Waals surface area contributed by atoms with Gasteiger partial charge in [-0.05, 0) is 12.1 Å². The van der Waals surface area contributed by atoms with E-state index in [1.165, 1.54) is 5.69 Å². The van der Waals surface area contributed by atoms with Gasteiger partial charge >= 0.3 is 0 Å². The van der Waals surface area contributed by atoms with Crippen LogP contribution >= 0.6 is 0 Å². The van der Waals surface area contributed by atoms with Gasteiger partial charge in [-0.2, -0.15) is 0 Å². The Morgan fingerprint density at radius 1 is 1.15 bits per heavy atom. The van der Waals surface area contributed by atoms with E-state index in [1.807, 2.05) is 30.7 Å². The van der Waals surface area contributed by atoms with Crippen molar-refractivity contribution >= 4 is 12.0 Å². The first-order valence-corrected chi connectivity index (χ1v) is 3.95. The molecule has 1 aliphatic heterocycles. The van der Waals surface area contributed by atoms with Crippen LogP contribution in [0.1, 0.15) is 0 Å². The van der Waals surface area contributed by atoms with E-state index in [9.17, 15) is 0 Å². The van der Waals surface area contributed by atoms with E-state index < -0.39 is 0 Å². The molecule has 1 unspecified atom stereocenters. The van der Waals surface area contributed by atoms with Gasteiger partial charge in [-0.1, -0.05) is 18.2 Å². The minimum absolute atomic E-state index is 0. The summed E-state index contributed by atoms with van der Waals surface area (Å²) in [5, 5.41) is 0. The smallest absolute Gasteiger partial charge is 0.199 e. The Morgan fingerprint density at radius 3 is 2.38 bits per heavy atom. The zero-order chi connectivity index (χ0) is 8.44. The van der Waals surface area contributed by atoms with Crippen LogP contribution in [0.2, 0.25) is 0 Å². The molecular formula is C10H11IN2. The molecule has 0 aromatic heterocycles. The van der Waals surface area contributed by atoms with E-state index in [4.69, 9.17) is 0 Å². The van der Waals surface area contributed by atoms with E-state index in [-0.39, 0.29) is 24.0 Å². The molecule has 1 aromatic rings. The van der Waals surface area contributed by atoms with Crippen LogP contribution in [-0.2, 0) is 0 Å². The lowest BCUT2D eigenvalue weighted by Gasteiger charge is -2.20. The van der Waals surface area contributed by atoms with Gasteiger partial charge in [-0.15, -0.1) is 0 Å². The quantitative estimate of drug-likeness (QED) is 0.471. The highest BCUT2D eigenvalue weighted by Gasteiger charge is 2.21. The SMILES string of the molecule is C[N+]1(c2ccccc2)C=CN=C1.[I-]. The minimum Gasteiger partial charge on any atom is -1.00 e. The average molecular weight is 286 g/mol. The van der Waals surface area contributed by atoms with Crippen molar-refractivity contribution in [1.82, 2.24) is 4.48 Å². The third-order valence-corrected chi connectivity index (χ3v) is 2.08. The van der Waals surface area contributed by atoms with Gasteiger partial charge in [0.2, 0.25) is 0 Å². The van der Waals surface area contributed by atoms with Crippen molar-refractivity contribution in [2.24, 2.45) is 4.99 Å². The van der Waals surface area contributed by atoms with E-state index in [0.29, 0.717) is 4.48 Å². The Bertz CT molecular complexity index is 318. The molecule has 0 radical (unpaired) electrons. The Labute approximate surface area is 95.2 Å². The van der Waals surface area contributed by atoms with Crippen molar-refractivity contribution in [2.45, 2.75) is 0 Å². The van der Waals surface area contributed by atoms with Crippen molar-refractivity contribution in [1.29, 1.82) is 0 Å². The van der Waals surface area contributed by atoms with E-state index in [1.54, 1.807) is 0 Å². The maximum Gasteiger partial charge on any atom is 0.199 e. The first kappa shape index (κ1) is 10.4. The van der Waals surface area contributed by atoms with E-state index in [2.05, 4.69) is 30.4 Å². The number of benzene rings is 1. The highest BCUT2D eigenvalue weighted by Crippen LogP contribution is 2.21. The van der Waals surface area contributed by atoms with Gasteiger partial charge in [-0.25, -0.2) is 9.48 Å². The molecule has 1 aliphatic rings. The van der Waals surface area contributed by atoms with Gasteiger partial charge in [0.25, 0.3) is 0 Å². The number of hydrogen-bond acceptors (Lipinski definition) is 1. The molecular weight excluding hydrogens is 275 g/mol. The molecule has 0 saturated heterocycles. The molecule has 1 aromatic carbocycles. The standard InChI is InChI=1S/C10H11N2.HI/c1-12(8-7-11-9-12)10-5-3-2-4-6-10;/h2-9H,1H3;1H/q+1;/p-1. The molecule has 1 heterocycles. The summed E-state index contributed by atoms with van der Waals surface area (Å²) in [5.41, 5.74) is 1.23. The van der Waals surface area contributed by atoms with Gasteiger partial charge in [-0.3, -0.25) is 0 Å². The van der Waals surface area contributed by atoms with E-state index >= 15 is 0 Å². The van der Waals surface area contributed by atoms with Crippen LogP contribution < -0.4 is 28.5 Å². The molecule has 0 saturated carbocycles. The molecule has 0 fully saturated rings. The van der Waals surface area contributed by atoms with Crippen molar-refractivity contribution < 1.29 is 24.0 Å². The van der Waals surface area contributed by atoms with Crippen LogP contribution in [-0.4, -0.2) is 13.4 Å². The molecule has 2 rings (SSSR count). The van der Waals surface area contributed by atoms with Crippen molar-refractivity contribution in [3.63, 3.8) is 0 Å². The molecule has 3 heteroatoms. The number of quaternary nitrogens is 1. The monoisotopic (exact) mass is 286 g/mol. The molecule has 0 amide bonds. The summed E-state index contributed by atoms with van der Waals surface area (Å²) in [6.45, 7) is 0. The van der Waals surface area contributed by atoms with Crippen LogP contribution in [0.15, 0.2) is 47.7 Å². The zero-order valence-electron chi connectivity index (χ0n) is 7.39. The third kappa shape index (κ3) is 1.97. The van der Waals surface area contributed by atoms with Gasteiger partial charge in [0.1, 0.15) is 11.9 Å². The van der Waals surface area contributed by atoms with Gasteiger partial charge in [0, 0.05) is 0 Å². The van der Waals surface area contributed by atoms with Crippen LogP contribution in [0, 0.1) is 0 Å². The largest absolute Gasteiger partial charge is 1.00 e. The fourth-order valence-corrected chi connectivity index (χ4v) is 1.29.